The number of halogens is 1. The fourth-order valence-electron chi connectivity index (χ4n) is 2.58. The molecule has 0 bridgehead atoms. The third-order valence-corrected chi connectivity index (χ3v) is 6.58. The highest BCUT2D eigenvalue weighted by Gasteiger charge is 2.27. The fraction of sp³-hybridized carbons (Fsp3) is 0.263. The average Bonchev–Trinajstić information content (AvgIpc) is 2.65. The number of rotatable bonds is 6. The number of sulfone groups is 1. The number of nitrogens with zero attached hydrogens (tertiary/aromatic N) is 2. The molecule has 8 heteroatoms. The zero-order chi connectivity index (χ0) is 19.4. The van der Waals surface area contributed by atoms with E-state index in [0.29, 0.717) is 28.9 Å². The van der Waals surface area contributed by atoms with E-state index >= 15 is 0 Å². The summed E-state index contributed by atoms with van der Waals surface area (Å²) in [6.45, 7) is 3.34. The molecule has 0 amide bonds. The van der Waals surface area contributed by atoms with Crippen molar-refractivity contribution in [3.05, 3.63) is 64.3 Å². The number of para-hydroxylation sites is 1. The maximum atomic E-state index is 12.7. The van der Waals surface area contributed by atoms with E-state index < -0.39 is 15.1 Å². The first-order valence-electron chi connectivity index (χ1n) is 8.64. The van der Waals surface area contributed by atoms with Crippen molar-refractivity contribution in [3.8, 4) is 0 Å². The van der Waals surface area contributed by atoms with Gasteiger partial charge >= 0.3 is 0 Å². The van der Waals surface area contributed by atoms with E-state index in [1.807, 2.05) is 36.4 Å². The highest BCUT2D eigenvalue weighted by atomic mass is 35.5. The Morgan fingerprint density at radius 2 is 1.78 bits per heavy atom. The minimum absolute atomic E-state index is 0.288. The predicted molar refractivity (Wildman–Crippen MR) is 110 cm³/mol. The van der Waals surface area contributed by atoms with E-state index in [4.69, 9.17) is 11.6 Å². The van der Waals surface area contributed by atoms with Gasteiger partial charge in [0.05, 0.1) is 22.0 Å². The summed E-state index contributed by atoms with van der Waals surface area (Å²) in [5.41, 5.74) is 1.34. The van der Waals surface area contributed by atoms with Crippen molar-refractivity contribution in [2.24, 2.45) is 0 Å². The van der Waals surface area contributed by atoms with E-state index in [0.717, 1.165) is 12.1 Å². The summed E-state index contributed by atoms with van der Waals surface area (Å²) < 4.78 is 25.3. The normalized spacial score (nSPS) is 14.5. The third kappa shape index (κ3) is 4.48. The monoisotopic (exact) mass is 404 g/mol. The minimum Gasteiger partial charge on any atom is -0.338 e. The molecular weight excluding hydrogens is 384 g/mol. The second kappa shape index (κ2) is 8.10. The van der Waals surface area contributed by atoms with Crippen molar-refractivity contribution >= 4 is 38.9 Å². The number of allylic oxidation sites excluding steroid dienone is 2. The Kier molecular flexibility index (Phi) is 5.82. The lowest BCUT2D eigenvalue weighted by molar-refractivity contribution is 0.593. The molecule has 0 saturated carbocycles. The number of aromatic nitrogens is 2. The molecule has 0 fully saturated rings. The Labute approximate surface area is 164 Å². The Bertz CT molecular complexity index is 986. The van der Waals surface area contributed by atoms with Crippen LogP contribution in [0, 0.1) is 0 Å². The number of hydrogen-bond donors (Lipinski definition) is 2. The summed E-state index contributed by atoms with van der Waals surface area (Å²) >= 11 is 6.23. The van der Waals surface area contributed by atoms with E-state index in [-0.39, 0.29) is 4.91 Å². The van der Waals surface area contributed by atoms with Gasteiger partial charge in [-0.05, 0) is 38.8 Å². The lowest BCUT2D eigenvalue weighted by atomic mass is 10.1. The van der Waals surface area contributed by atoms with Gasteiger partial charge in [0.15, 0.2) is 15.7 Å². The molecule has 0 spiro atoms. The second-order valence-corrected chi connectivity index (χ2v) is 9.24. The van der Waals surface area contributed by atoms with E-state index in [9.17, 15) is 8.42 Å². The van der Waals surface area contributed by atoms with Gasteiger partial charge in [-0.3, -0.25) is 0 Å². The zero-order valence-electron chi connectivity index (χ0n) is 15.1. The largest absolute Gasteiger partial charge is 0.338 e. The molecule has 1 aliphatic rings. The van der Waals surface area contributed by atoms with Crippen molar-refractivity contribution in [3.63, 3.8) is 0 Å². The van der Waals surface area contributed by atoms with E-state index in [1.165, 1.54) is 6.20 Å². The summed E-state index contributed by atoms with van der Waals surface area (Å²) in [4.78, 5) is 8.86. The number of hydrogen-bond acceptors (Lipinski definition) is 6. The van der Waals surface area contributed by atoms with Crippen LogP contribution in [0.15, 0.2) is 59.3 Å². The molecule has 0 unspecified atom stereocenters. The smallest absolute Gasteiger partial charge is 0.229 e. The Morgan fingerprint density at radius 1 is 1.07 bits per heavy atom. The summed E-state index contributed by atoms with van der Waals surface area (Å²) in [6, 6.07) is 9.51. The van der Waals surface area contributed by atoms with Crippen LogP contribution in [-0.2, 0) is 9.84 Å². The summed E-state index contributed by atoms with van der Waals surface area (Å²) in [7, 11) is -3.41. The fourth-order valence-corrected chi connectivity index (χ4v) is 4.02. The molecule has 1 aromatic heterocycles. The van der Waals surface area contributed by atoms with Crippen LogP contribution in [0.3, 0.4) is 0 Å². The summed E-state index contributed by atoms with van der Waals surface area (Å²) in [6.07, 6.45) is 6.52. The van der Waals surface area contributed by atoms with Gasteiger partial charge in [0, 0.05) is 5.69 Å². The highest BCUT2D eigenvalue weighted by molar-refractivity contribution is 7.96. The van der Waals surface area contributed by atoms with Crippen LogP contribution < -0.4 is 10.6 Å². The number of nitrogens with one attached hydrogen (secondary N) is 2. The minimum atomic E-state index is -3.41. The van der Waals surface area contributed by atoms with Crippen molar-refractivity contribution in [2.45, 2.75) is 31.9 Å². The van der Waals surface area contributed by atoms with Crippen molar-refractivity contribution in [1.82, 2.24) is 9.97 Å². The van der Waals surface area contributed by atoms with Gasteiger partial charge in [-0.1, -0.05) is 42.0 Å². The maximum Gasteiger partial charge on any atom is 0.229 e. The summed E-state index contributed by atoms with van der Waals surface area (Å²) in [5, 5.41) is 5.97. The molecule has 2 N–H and O–H groups in total. The molecule has 2 aromatic rings. The molecule has 0 saturated heterocycles. The van der Waals surface area contributed by atoms with Crippen LogP contribution in [0.2, 0.25) is 5.02 Å². The van der Waals surface area contributed by atoms with Crippen LogP contribution in [0.4, 0.5) is 17.5 Å². The SMILES string of the molecule is CC(C)S(=O)(=O)C1=CCCC=C1Nc1nc(Nc2ccccc2)ncc1Cl. The van der Waals surface area contributed by atoms with Crippen LogP contribution in [0.1, 0.15) is 26.7 Å². The molecule has 142 valence electrons. The number of benzene rings is 1. The number of anilines is 3. The van der Waals surface area contributed by atoms with Crippen LogP contribution in [-0.4, -0.2) is 23.6 Å². The molecule has 1 aromatic carbocycles. The van der Waals surface area contributed by atoms with Crippen LogP contribution >= 0.6 is 11.6 Å². The van der Waals surface area contributed by atoms with Gasteiger partial charge < -0.3 is 10.6 Å². The average molecular weight is 405 g/mol. The molecule has 6 nitrogen and oxygen atoms in total. The first kappa shape index (κ1) is 19.4. The quantitative estimate of drug-likeness (QED) is 0.727. The van der Waals surface area contributed by atoms with Gasteiger partial charge in [0.2, 0.25) is 5.95 Å². The topological polar surface area (TPSA) is 84.0 Å². The standard InChI is InChI=1S/C19H21ClN4O2S/c1-13(2)27(25,26)17-11-7-6-10-16(17)23-18-15(20)12-21-19(24-18)22-14-8-4-3-5-9-14/h3-5,8-13H,6-7H2,1-2H3,(H2,21,22,23,24). The molecular formula is C19H21ClN4O2S. The highest BCUT2D eigenvalue weighted by Crippen LogP contribution is 2.30. The molecule has 1 aliphatic carbocycles. The maximum absolute atomic E-state index is 12.7. The van der Waals surface area contributed by atoms with Crippen molar-refractivity contribution < 1.29 is 8.42 Å². The predicted octanol–water partition coefficient (Wildman–Crippen LogP) is 4.67. The zero-order valence-corrected chi connectivity index (χ0v) is 16.7. The first-order chi connectivity index (χ1) is 12.9. The molecule has 1 heterocycles. The van der Waals surface area contributed by atoms with E-state index in [1.54, 1.807) is 19.9 Å². The van der Waals surface area contributed by atoms with Gasteiger partial charge in [0.1, 0.15) is 5.02 Å². The molecule has 0 aliphatic heterocycles. The van der Waals surface area contributed by atoms with Crippen molar-refractivity contribution in [2.75, 3.05) is 10.6 Å². The van der Waals surface area contributed by atoms with Crippen LogP contribution in [0.25, 0.3) is 0 Å². The first-order valence-corrected chi connectivity index (χ1v) is 10.6. The molecule has 0 atom stereocenters. The van der Waals surface area contributed by atoms with Crippen LogP contribution in [0.5, 0.6) is 0 Å². The van der Waals surface area contributed by atoms with Crippen molar-refractivity contribution in [1.29, 1.82) is 0 Å². The molecule has 0 radical (unpaired) electrons. The Morgan fingerprint density at radius 3 is 2.48 bits per heavy atom. The lowest BCUT2D eigenvalue weighted by Crippen LogP contribution is -2.21. The third-order valence-electron chi connectivity index (χ3n) is 4.06. The lowest BCUT2D eigenvalue weighted by Gasteiger charge is -2.20. The molecule has 27 heavy (non-hydrogen) atoms. The van der Waals surface area contributed by atoms with Gasteiger partial charge in [-0.2, -0.15) is 4.98 Å². The second-order valence-electron chi connectivity index (χ2n) is 6.36. The van der Waals surface area contributed by atoms with Gasteiger partial charge in [0.25, 0.3) is 0 Å². The van der Waals surface area contributed by atoms with Gasteiger partial charge in [-0.25, -0.2) is 13.4 Å². The Hall–Kier alpha value is -2.38. The summed E-state index contributed by atoms with van der Waals surface area (Å²) in [5.74, 6) is 0.713. The van der Waals surface area contributed by atoms with E-state index in [2.05, 4.69) is 20.6 Å². The molecule has 3 rings (SSSR count). The van der Waals surface area contributed by atoms with Gasteiger partial charge in [-0.15, -0.1) is 0 Å². The Balaban J connectivity index is 1.87.